The second-order valence-corrected chi connectivity index (χ2v) is 7.30. The molecule has 0 radical (unpaired) electrons. The number of nitrogens with zero attached hydrogens (tertiary/aromatic N) is 1. The van der Waals surface area contributed by atoms with E-state index in [1.165, 1.54) is 0 Å². The minimum atomic E-state index is -0.488. The SMILES string of the molecule is Cl.NC1CCCC1C(=O)N1CCC(C(O)c2ccc(Cl)cc2)CC1. The molecule has 1 saturated heterocycles. The highest BCUT2D eigenvalue weighted by atomic mass is 35.5. The lowest BCUT2D eigenvalue weighted by atomic mass is 9.87. The van der Waals surface area contributed by atoms with Gasteiger partial charge in [-0.05, 0) is 49.3 Å². The summed E-state index contributed by atoms with van der Waals surface area (Å²) in [7, 11) is 0. The molecule has 2 aliphatic rings. The Kier molecular flexibility index (Phi) is 6.93. The molecule has 3 unspecified atom stereocenters. The molecule has 3 atom stereocenters. The van der Waals surface area contributed by atoms with E-state index < -0.39 is 6.10 Å². The van der Waals surface area contributed by atoms with Gasteiger partial charge in [-0.15, -0.1) is 12.4 Å². The standard InChI is InChI=1S/C18H25ClN2O2.ClH/c19-14-6-4-12(5-7-14)17(22)13-8-10-21(11-9-13)18(23)15-2-1-3-16(15)20;/h4-7,13,15-17,22H,1-3,8-11,20H2;1H. The predicted octanol–water partition coefficient (Wildman–Crippen LogP) is 3.16. The van der Waals surface area contributed by atoms with Gasteiger partial charge in [-0.25, -0.2) is 0 Å². The van der Waals surface area contributed by atoms with E-state index in [2.05, 4.69) is 0 Å². The van der Waals surface area contributed by atoms with E-state index in [1.807, 2.05) is 17.0 Å². The lowest BCUT2D eigenvalue weighted by Gasteiger charge is -2.36. The van der Waals surface area contributed by atoms with Gasteiger partial charge in [0.05, 0.1) is 12.0 Å². The van der Waals surface area contributed by atoms with Gasteiger partial charge in [-0.2, -0.15) is 0 Å². The fourth-order valence-corrected chi connectivity index (χ4v) is 4.02. The average Bonchev–Trinajstić information content (AvgIpc) is 3.00. The Morgan fingerprint density at radius 1 is 1.17 bits per heavy atom. The van der Waals surface area contributed by atoms with Gasteiger partial charge in [-0.3, -0.25) is 4.79 Å². The normalized spacial score (nSPS) is 26.0. The number of nitrogens with two attached hydrogens (primary N) is 1. The first-order valence-electron chi connectivity index (χ1n) is 8.54. The third-order valence-corrected chi connectivity index (χ3v) is 5.65. The summed E-state index contributed by atoms with van der Waals surface area (Å²) in [6, 6.07) is 7.39. The van der Waals surface area contributed by atoms with Crippen LogP contribution in [0, 0.1) is 11.8 Å². The van der Waals surface area contributed by atoms with Gasteiger partial charge in [0, 0.05) is 24.2 Å². The summed E-state index contributed by atoms with van der Waals surface area (Å²) in [5.74, 6) is 0.416. The lowest BCUT2D eigenvalue weighted by molar-refractivity contribution is -0.137. The largest absolute Gasteiger partial charge is 0.388 e. The van der Waals surface area contributed by atoms with Crippen LogP contribution in [0.1, 0.15) is 43.8 Å². The number of benzene rings is 1. The van der Waals surface area contributed by atoms with E-state index in [0.29, 0.717) is 5.02 Å². The Morgan fingerprint density at radius 2 is 1.79 bits per heavy atom. The van der Waals surface area contributed by atoms with Crippen molar-refractivity contribution in [2.24, 2.45) is 17.6 Å². The van der Waals surface area contributed by atoms with Gasteiger partial charge in [0.25, 0.3) is 0 Å². The summed E-state index contributed by atoms with van der Waals surface area (Å²) < 4.78 is 0. The molecule has 6 heteroatoms. The Labute approximate surface area is 154 Å². The molecular weight excluding hydrogens is 347 g/mol. The van der Waals surface area contributed by atoms with Crippen LogP contribution in [0.2, 0.25) is 5.02 Å². The summed E-state index contributed by atoms with van der Waals surface area (Å²) in [6.07, 6.45) is 4.12. The van der Waals surface area contributed by atoms with Gasteiger partial charge in [0.1, 0.15) is 0 Å². The molecule has 1 aromatic rings. The molecule has 24 heavy (non-hydrogen) atoms. The van der Waals surface area contributed by atoms with Crippen molar-refractivity contribution in [3.63, 3.8) is 0 Å². The Hall–Kier alpha value is -0.810. The quantitative estimate of drug-likeness (QED) is 0.855. The van der Waals surface area contributed by atoms with Crippen molar-refractivity contribution in [2.75, 3.05) is 13.1 Å². The van der Waals surface area contributed by atoms with Gasteiger partial charge >= 0.3 is 0 Å². The molecular formula is C18H26Cl2N2O2. The minimum absolute atomic E-state index is 0. The number of hydrogen-bond donors (Lipinski definition) is 2. The number of aliphatic hydroxyl groups is 1. The molecule has 0 bridgehead atoms. The van der Waals surface area contributed by atoms with Crippen LogP contribution in [0.3, 0.4) is 0 Å². The van der Waals surface area contributed by atoms with E-state index in [1.54, 1.807) is 12.1 Å². The molecule has 3 rings (SSSR count). The van der Waals surface area contributed by atoms with Crippen molar-refractivity contribution in [2.45, 2.75) is 44.2 Å². The number of aliphatic hydroxyl groups excluding tert-OH is 1. The van der Waals surface area contributed by atoms with E-state index in [0.717, 1.165) is 50.8 Å². The highest BCUT2D eigenvalue weighted by molar-refractivity contribution is 6.30. The third kappa shape index (κ3) is 4.23. The zero-order chi connectivity index (χ0) is 16.4. The topological polar surface area (TPSA) is 66.6 Å². The molecule has 0 spiro atoms. The summed E-state index contributed by atoms with van der Waals surface area (Å²) in [4.78, 5) is 14.5. The average molecular weight is 373 g/mol. The number of carbonyl (C=O) groups excluding carboxylic acids is 1. The first kappa shape index (κ1) is 19.5. The maximum absolute atomic E-state index is 12.6. The number of piperidine rings is 1. The van der Waals surface area contributed by atoms with E-state index >= 15 is 0 Å². The number of carbonyl (C=O) groups is 1. The zero-order valence-electron chi connectivity index (χ0n) is 13.7. The monoisotopic (exact) mass is 372 g/mol. The van der Waals surface area contributed by atoms with Gasteiger partial charge < -0.3 is 15.7 Å². The molecule has 1 heterocycles. The third-order valence-electron chi connectivity index (χ3n) is 5.40. The van der Waals surface area contributed by atoms with E-state index in [9.17, 15) is 9.90 Å². The second kappa shape index (κ2) is 8.52. The fourth-order valence-electron chi connectivity index (χ4n) is 3.90. The highest BCUT2D eigenvalue weighted by Gasteiger charge is 2.35. The summed E-state index contributed by atoms with van der Waals surface area (Å²) in [5.41, 5.74) is 6.95. The molecule has 2 fully saturated rings. The predicted molar refractivity (Wildman–Crippen MR) is 98.3 cm³/mol. The molecule has 4 nitrogen and oxygen atoms in total. The second-order valence-electron chi connectivity index (χ2n) is 6.86. The summed E-state index contributed by atoms with van der Waals surface area (Å²) >= 11 is 5.89. The maximum atomic E-state index is 12.6. The molecule has 0 aromatic heterocycles. The number of rotatable bonds is 3. The van der Waals surface area contributed by atoms with Crippen LogP contribution >= 0.6 is 24.0 Å². The van der Waals surface area contributed by atoms with Crippen LogP contribution in [0.4, 0.5) is 0 Å². The number of likely N-dealkylation sites (tertiary alicyclic amines) is 1. The number of hydrogen-bond acceptors (Lipinski definition) is 3. The first-order valence-corrected chi connectivity index (χ1v) is 8.92. The van der Waals surface area contributed by atoms with Crippen LogP contribution in [0.15, 0.2) is 24.3 Å². The molecule has 1 aromatic carbocycles. The van der Waals surface area contributed by atoms with Gasteiger partial charge in [0.2, 0.25) is 5.91 Å². The Bertz CT molecular complexity index is 544. The van der Waals surface area contributed by atoms with Crippen molar-refractivity contribution in [3.05, 3.63) is 34.9 Å². The van der Waals surface area contributed by atoms with Crippen LogP contribution in [0.25, 0.3) is 0 Å². The van der Waals surface area contributed by atoms with Crippen LogP contribution in [0.5, 0.6) is 0 Å². The summed E-state index contributed by atoms with van der Waals surface area (Å²) in [5, 5.41) is 11.2. The van der Waals surface area contributed by atoms with Gasteiger partial charge in [-0.1, -0.05) is 30.2 Å². The lowest BCUT2D eigenvalue weighted by Crippen LogP contribution is -2.45. The van der Waals surface area contributed by atoms with Crippen molar-refractivity contribution in [1.29, 1.82) is 0 Å². The molecule has 1 amide bonds. The van der Waals surface area contributed by atoms with Crippen molar-refractivity contribution >= 4 is 29.9 Å². The van der Waals surface area contributed by atoms with E-state index in [4.69, 9.17) is 17.3 Å². The minimum Gasteiger partial charge on any atom is -0.388 e. The first-order chi connectivity index (χ1) is 11.1. The van der Waals surface area contributed by atoms with Crippen molar-refractivity contribution in [1.82, 2.24) is 4.90 Å². The molecule has 1 saturated carbocycles. The van der Waals surface area contributed by atoms with Crippen LogP contribution < -0.4 is 5.73 Å². The summed E-state index contributed by atoms with van der Waals surface area (Å²) in [6.45, 7) is 1.44. The molecule has 1 aliphatic heterocycles. The number of halogens is 2. The fraction of sp³-hybridized carbons (Fsp3) is 0.611. The molecule has 1 aliphatic carbocycles. The van der Waals surface area contributed by atoms with Crippen LogP contribution in [-0.4, -0.2) is 35.0 Å². The Balaban J connectivity index is 0.00000208. The maximum Gasteiger partial charge on any atom is 0.227 e. The van der Waals surface area contributed by atoms with Crippen LogP contribution in [-0.2, 0) is 4.79 Å². The van der Waals surface area contributed by atoms with Crippen molar-refractivity contribution in [3.8, 4) is 0 Å². The molecule has 3 N–H and O–H groups in total. The van der Waals surface area contributed by atoms with E-state index in [-0.39, 0.29) is 36.2 Å². The number of amides is 1. The highest BCUT2D eigenvalue weighted by Crippen LogP contribution is 2.33. The van der Waals surface area contributed by atoms with Gasteiger partial charge in [0.15, 0.2) is 0 Å². The zero-order valence-corrected chi connectivity index (χ0v) is 15.3. The van der Waals surface area contributed by atoms with Crippen molar-refractivity contribution < 1.29 is 9.90 Å². The smallest absolute Gasteiger partial charge is 0.227 e. The molecule has 134 valence electrons. The Morgan fingerprint density at radius 3 is 2.33 bits per heavy atom.